The zero-order valence-corrected chi connectivity index (χ0v) is 10.9. The molecule has 1 saturated heterocycles. The number of hydrogen-bond acceptors (Lipinski definition) is 2. The van der Waals surface area contributed by atoms with E-state index in [4.69, 9.17) is 5.73 Å². The molecule has 1 amide bonds. The van der Waals surface area contributed by atoms with Crippen LogP contribution >= 0.6 is 0 Å². The predicted molar refractivity (Wildman–Crippen MR) is 75.7 cm³/mol. The van der Waals surface area contributed by atoms with Gasteiger partial charge in [-0.1, -0.05) is 12.1 Å². The van der Waals surface area contributed by atoms with Crippen molar-refractivity contribution in [3.8, 4) is 0 Å². The predicted octanol–water partition coefficient (Wildman–Crippen LogP) is 1.52. The number of amides is 1. The van der Waals surface area contributed by atoms with Gasteiger partial charge in [0.05, 0.1) is 0 Å². The van der Waals surface area contributed by atoms with E-state index in [-0.39, 0.29) is 5.91 Å². The zero-order valence-electron chi connectivity index (χ0n) is 10.9. The smallest absolute Gasteiger partial charge is 0.222 e. The van der Waals surface area contributed by atoms with Crippen molar-refractivity contribution in [1.82, 2.24) is 9.88 Å². The van der Waals surface area contributed by atoms with Gasteiger partial charge in [0, 0.05) is 31.2 Å². The number of rotatable bonds is 4. The van der Waals surface area contributed by atoms with Crippen LogP contribution in [0.2, 0.25) is 0 Å². The third-order valence-corrected chi connectivity index (χ3v) is 3.92. The highest BCUT2D eigenvalue weighted by Gasteiger charge is 2.27. The summed E-state index contributed by atoms with van der Waals surface area (Å²) in [6.07, 6.45) is 3.47. The summed E-state index contributed by atoms with van der Waals surface area (Å²) in [7, 11) is 0. The van der Waals surface area contributed by atoms with Crippen LogP contribution in [0.5, 0.6) is 0 Å². The fourth-order valence-corrected chi connectivity index (χ4v) is 2.74. The van der Waals surface area contributed by atoms with Gasteiger partial charge in [0.1, 0.15) is 0 Å². The van der Waals surface area contributed by atoms with E-state index >= 15 is 0 Å². The van der Waals surface area contributed by atoms with Crippen LogP contribution in [0.4, 0.5) is 0 Å². The molecule has 100 valence electrons. The molecule has 1 aromatic carbocycles. The topological polar surface area (TPSA) is 62.1 Å². The highest BCUT2D eigenvalue weighted by atomic mass is 16.2. The van der Waals surface area contributed by atoms with E-state index in [0.29, 0.717) is 18.9 Å². The number of fused-ring (bicyclic) bond motifs is 1. The van der Waals surface area contributed by atoms with E-state index in [1.807, 2.05) is 11.1 Å². The van der Waals surface area contributed by atoms with Crippen LogP contribution in [0.1, 0.15) is 12.0 Å². The first kappa shape index (κ1) is 12.2. The Kier molecular flexibility index (Phi) is 3.25. The van der Waals surface area contributed by atoms with Crippen LogP contribution in [0.15, 0.2) is 30.5 Å². The molecule has 0 bridgehead atoms. The molecular formula is C15H19N3O. The van der Waals surface area contributed by atoms with E-state index in [1.165, 1.54) is 10.9 Å². The number of carbonyl (C=O) groups excluding carboxylic acids is 1. The Hall–Kier alpha value is -1.81. The SMILES string of the molecule is NCC1CC(=O)N(CCc2ccc3cc[nH]c3c2)C1. The van der Waals surface area contributed by atoms with Gasteiger partial charge in [0.15, 0.2) is 0 Å². The van der Waals surface area contributed by atoms with Crippen LogP contribution < -0.4 is 5.73 Å². The number of hydrogen-bond donors (Lipinski definition) is 2. The molecule has 1 aliphatic heterocycles. The second-order valence-corrected chi connectivity index (χ2v) is 5.29. The Balaban J connectivity index is 1.64. The van der Waals surface area contributed by atoms with Gasteiger partial charge in [0.25, 0.3) is 0 Å². The molecule has 19 heavy (non-hydrogen) atoms. The largest absolute Gasteiger partial charge is 0.361 e. The van der Waals surface area contributed by atoms with Crippen molar-refractivity contribution in [2.45, 2.75) is 12.8 Å². The van der Waals surface area contributed by atoms with Crippen LogP contribution in [0, 0.1) is 5.92 Å². The lowest BCUT2D eigenvalue weighted by molar-refractivity contribution is -0.127. The fraction of sp³-hybridized carbons (Fsp3) is 0.400. The molecule has 2 aromatic rings. The minimum Gasteiger partial charge on any atom is -0.361 e. The monoisotopic (exact) mass is 257 g/mol. The number of carbonyl (C=O) groups is 1. The molecule has 2 heterocycles. The number of H-pyrrole nitrogens is 1. The molecule has 3 rings (SSSR count). The Labute approximate surface area is 112 Å². The standard InChI is InChI=1S/C15H19N3O/c16-9-12-8-15(19)18(10-12)6-4-11-1-2-13-3-5-17-14(13)7-11/h1-3,5,7,12,17H,4,6,8-10,16H2. The van der Waals surface area contributed by atoms with Gasteiger partial charge < -0.3 is 15.6 Å². The summed E-state index contributed by atoms with van der Waals surface area (Å²) >= 11 is 0. The van der Waals surface area contributed by atoms with Crippen molar-refractivity contribution in [3.63, 3.8) is 0 Å². The van der Waals surface area contributed by atoms with Crippen molar-refractivity contribution in [2.24, 2.45) is 11.7 Å². The molecule has 0 aliphatic carbocycles. The molecule has 4 nitrogen and oxygen atoms in total. The molecule has 1 atom stereocenters. The summed E-state index contributed by atoms with van der Waals surface area (Å²) in [5.41, 5.74) is 8.05. The van der Waals surface area contributed by atoms with Gasteiger partial charge >= 0.3 is 0 Å². The molecule has 0 saturated carbocycles. The summed E-state index contributed by atoms with van der Waals surface area (Å²) in [6.45, 7) is 2.22. The lowest BCUT2D eigenvalue weighted by atomic mass is 10.1. The molecule has 1 aromatic heterocycles. The summed E-state index contributed by atoms with van der Waals surface area (Å²) in [5, 5.41) is 1.23. The molecular weight excluding hydrogens is 238 g/mol. The molecule has 4 heteroatoms. The average molecular weight is 257 g/mol. The number of aromatic nitrogens is 1. The van der Waals surface area contributed by atoms with Crippen molar-refractivity contribution in [2.75, 3.05) is 19.6 Å². The zero-order chi connectivity index (χ0) is 13.2. The average Bonchev–Trinajstić information content (AvgIpc) is 3.02. The number of nitrogens with one attached hydrogen (secondary N) is 1. The van der Waals surface area contributed by atoms with Gasteiger partial charge in [-0.05, 0) is 42.0 Å². The van der Waals surface area contributed by atoms with E-state index in [0.717, 1.165) is 25.0 Å². The number of nitrogens with zero attached hydrogens (tertiary/aromatic N) is 1. The first-order valence-electron chi connectivity index (χ1n) is 6.80. The Morgan fingerprint density at radius 3 is 3.05 bits per heavy atom. The van der Waals surface area contributed by atoms with Crippen LogP contribution in [-0.4, -0.2) is 35.4 Å². The highest BCUT2D eigenvalue weighted by Crippen LogP contribution is 2.18. The molecule has 0 radical (unpaired) electrons. The Morgan fingerprint density at radius 1 is 1.37 bits per heavy atom. The van der Waals surface area contributed by atoms with Crippen molar-refractivity contribution in [1.29, 1.82) is 0 Å². The maximum atomic E-state index is 11.8. The number of nitrogens with two attached hydrogens (primary N) is 1. The second kappa shape index (κ2) is 5.05. The second-order valence-electron chi connectivity index (χ2n) is 5.29. The van der Waals surface area contributed by atoms with Gasteiger partial charge in [-0.15, -0.1) is 0 Å². The number of likely N-dealkylation sites (tertiary alicyclic amines) is 1. The third kappa shape index (κ3) is 2.49. The Bertz CT molecular complexity index is 590. The molecule has 1 unspecified atom stereocenters. The quantitative estimate of drug-likeness (QED) is 0.872. The van der Waals surface area contributed by atoms with Crippen molar-refractivity contribution < 1.29 is 4.79 Å². The van der Waals surface area contributed by atoms with E-state index in [2.05, 4.69) is 29.2 Å². The first-order chi connectivity index (χ1) is 9.26. The highest BCUT2D eigenvalue weighted by molar-refractivity contribution is 5.80. The molecule has 0 spiro atoms. The van der Waals surface area contributed by atoms with Gasteiger partial charge in [-0.25, -0.2) is 0 Å². The normalized spacial score (nSPS) is 19.5. The number of benzene rings is 1. The maximum Gasteiger partial charge on any atom is 0.222 e. The molecule has 1 fully saturated rings. The summed E-state index contributed by atoms with van der Waals surface area (Å²) in [4.78, 5) is 17.0. The lowest BCUT2D eigenvalue weighted by Crippen LogP contribution is -2.28. The molecule has 1 aliphatic rings. The Morgan fingerprint density at radius 2 is 2.26 bits per heavy atom. The van der Waals surface area contributed by atoms with Gasteiger partial charge in [0.2, 0.25) is 5.91 Å². The van der Waals surface area contributed by atoms with E-state index < -0.39 is 0 Å². The first-order valence-corrected chi connectivity index (χ1v) is 6.80. The maximum absolute atomic E-state index is 11.8. The number of aromatic amines is 1. The van der Waals surface area contributed by atoms with Crippen LogP contribution in [-0.2, 0) is 11.2 Å². The minimum absolute atomic E-state index is 0.247. The summed E-state index contributed by atoms with van der Waals surface area (Å²) in [6, 6.07) is 8.48. The van der Waals surface area contributed by atoms with Gasteiger partial charge in [-0.3, -0.25) is 4.79 Å². The summed E-state index contributed by atoms with van der Waals surface area (Å²) in [5.74, 6) is 0.592. The van der Waals surface area contributed by atoms with E-state index in [9.17, 15) is 4.79 Å². The van der Waals surface area contributed by atoms with E-state index in [1.54, 1.807) is 0 Å². The van der Waals surface area contributed by atoms with Crippen LogP contribution in [0.3, 0.4) is 0 Å². The lowest BCUT2D eigenvalue weighted by Gasteiger charge is -2.16. The van der Waals surface area contributed by atoms with Crippen molar-refractivity contribution >= 4 is 16.8 Å². The van der Waals surface area contributed by atoms with Crippen molar-refractivity contribution in [3.05, 3.63) is 36.0 Å². The molecule has 3 N–H and O–H groups in total. The fourth-order valence-electron chi connectivity index (χ4n) is 2.74. The van der Waals surface area contributed by atoms with Crippen LogP contribution in [0.25, 0.3) is 10.9 Å². The minimum atomic E-state index is 0.247. The van der Waals surface area contributed by atoms with Gasteiger partial charge in [-0.2, -0.15) is 0 Å². The summed E-state index contributed by atoms with van der Waals surface area (Å²) < 4.78 is 0. The third-order valence-electron chi connectivity index (χ3n) is 3.92.